The highest BCUT2D eigenvalue weighted by Gasteiger charge is 2.35. The third-order valence-electron chi connectivity index (χ3n) is 3.76. The first-order valence-corrected chi connectivity index (χ1v) is 6.73. The monoisotopic (exact) mass is 272 g/mol. The molecule has 1 saturated carbocycles. The third kappa shape index (κ3) is 5.16. The minimum absolute atomic E-state index is 0.104. The lowest BCUT2D eigenvalue weighted by atomic mass is 9.71. The summed E-state index contributed by atoms with van der Waals surface area (Å²) in [4.78, 5) is 22.7. The molecule has 0 radical (unpaired) electrons. The molecule has 6 nitrogen and oxygen atoms in total. The van der Waals surface area contributed by atoms with Crippen LogP contribution in [-0.2, 0) is 14.3 Å². The standard InChI is InChI=1S/C13H24N2O4/c1-19-8-10(14)12(18)15-9-13(7-11(16)17)5-3-2-4-6-13/h10H,2-9,14H2,1H3,(H,15,18)(H,16,17). The number of rotatable bonds is 7. The Labute approximate surface area is 113 Å². The third-order valence-corrected chi connectivity index (χ3v) is 3.76. The van der Waals surface area contributed by atoms with Crippen molar-refractivity contribution in [1.82, 2.24) is 5.32 Å². The number of nitrogens with two attached hydrogens (primary N) is 1. The van der Waals surface area contributed by atoms with E-state index in [9.17, 15) is 9.59 Å². The van der Waals surface area contributed by atoms with Crippen LogP contribution in [0.15, 0.2) is 0 Å². The Kier molecular flexibility index (Phi) is 6.24. The van der Waals surface area contributed by atoms with Gasteiger partial charge in [0.05, 0.1) is 13.0 Å². The van der Waals surface area contributed by atoms with Gasteiger partial charge in [-0.1, -0.05) is 19.3 Å². The topological polar surface area (TPSA) is 102 Å². The van der Waals surface area contributed by atoms with E-state index in [1.54, 1.807) is 0 Å². The second-order valence-electron chi connectivity index (χ2n) is 5.41. The van der Waals surface area contributed by atoms with Crippen LogP contribution in [-0.4, -0.2) is 43.3 Å². The molecular weight excluding hydrogens is 248 g/mol. The minimum atomic E-state index is -0.808. The maximum Gasteiger partial charge on any atom is 0.303 e. The summed E-state index contributed by atoms with van der Waals surface area (Å²) in [6, 6.07) is -0.699. The molecule has 4 N–H and O–H groups in total. The molecule has 0 bridgehead atoms. The molecule has 1 aliphatic rings. The maximum atomic E-state index is 11.7. The Bertz CT molecular complexity index is 314. The van der Waals surface area contributed by atoms with Crippen molar-refractivity contribution in [2.24, 2.45) is 11.1 Å². The maximum absolute atomic E-state index is 11.7. The van der Waals surface area contributed by atoms with Crippen molar-refractivity contribution in [3.63, 3.8) is 0 Å². The van der Waals surface area contributed by atoms with Crippen LogP contribution in [0.5, 0.6) is 0 Å². The van der Waals surface area contributed by atoms with Gasteiger partial charge in [0.15, 0.2) is 0 Å². The molecular formula is C13H24N2O4. The lowest BCUT2D eigenvalue weighted by molar-refractivity contribution is -0.141. The van der Waals surface area contributed by atoms with Crippen LogP contribution in [0.4, 0.5) is 0 Å². The van der Waals surface area contributed by atoms with Gasteiger partial charge in [-0.05, 0) is 18.3 Å². The molecule has 1 fully saturated rings. The predicted molar refractivity (Wildman–Crippen MR) is 70.6 cm³/mol. The second-order valence-corrected chi connectivity index (χ2v) is 5.41. The predicted octanol–water partition coefficient (Wildman–Crippen LogP) is 0.502. The average Bonchev–Trinajstić information content (AvgIpc) is 2.36. The van der Waals surface area contributed by atoms with Gasteiger partial charge in [0.1, 0.15) is 6.04 Å². The van der Waals surface area contributed by atoms with E-state index in [1.807, 2.05) is 0 Å². The van der Waals surface area contributed by atoms with Crippen LogP contribution >= 0.6 is 0 Å². The van der Waals surface area contributed by atoms with Gasteiger partial charge in [-0.3, -0.25) is 9.59 Å². The second kappa shape index (κ2) is 7.45. The number of carboxylic acids is 1. The normalized spacial score (nSPS) is 19.7. The van der Waals surface area contributed by atoms with Gasteiger partial charge >= 0.3 is 5.97 Å². The number of hydrogen-bond donors (Lipinski definition) is 3. The quantitative estimate of drug-likeness (QED) is 0.626. The molecule has 1 amide bonds. The van der Waals surface area contributed by atoms with E-state index >= 15 is 0 Å². The minimum Gasteiger partial charge on any atom is -0.481 e. The number of carbonyl (C=O) groups excluding carboxylic acids is 1. The lowest BCUT2D eigenvalue weighted by Gasteiger charge is -2.36. The van der Waals surface area contributed by atoms with E-state index < -0.39 is 12.0 Å². The van der Waals surface area contributed by atoms with Gasteiger partial charge in [0, 0.05) is 13.7 Å². The zero-order chi connectivity index (χ0) is 14.3. The average molecular weight is 272 g/mol. The van der Waals surface area contributed by atoms with Crippen LogP contribution in [0.25, 0.3) is 0 Å². The van der Waals surface area contributed by atoms with Crippen LogP contribution in [0.2, 0.25) is 0 Å². The summed E-state index contributed by atoms with van der Waals surface area (Å²) in [6.45, 7) is 0.549. The SMILES string of the molecule is COCC(N)C(=O)NCC1(CC(=O)O)CCCCC1. The Balaban J connectivity index is 2.53. The van der Waals surface area contributed by atoms with E-state index in [0.29, 0.717) is 6.54 Å². The van der Waals surface area contributed by atoms with Crippen molar-refractivity contribution in [2.75, 3.05) is 20.3 Å². The fourth-order valence-corrected chi connectivity index (χ4v) is 2.70. The summed E-state index contributed by atoms with van der Waals surface area (Å²) in [5.74, 6) is -1.09. The molecule has 0 aliphatic heterocycles. The molecule has 0 aromatic carbocycles. The van der Waals surface area contributed by atoms with Crippen LogP contribution in [0, 0.1) is 5.41 Å². The molecule has 0 saturated heterocycles. The van der Waals surface area contributed by atoms with Crippen molar-refractivity contribution in [3.05, 3.63) is 0 Å². The number of aliphatic carboxylic acids is 1. The molecule has 110 valence electrons. The summed E-state index contributed by atoms with van der Waals surface area (Å²) in [5, 5.41) is 11.8. The summed E-state index contributed by atoms with van der Waals surface area (Å²) in [5.41, 5.74) is 5.32. The Hall–Kier alpha value is -1.14. The van der Waals surface area contributed by atoms with E-state index in [-0.39, 0.29) is 24.3 Å². The zero-order valence-corrected chi connectivity index (χ0v) is 11.5. The van der Waals surface area contributed by atoms with E-state index in [4.69, 9.17) is 15.6 Å². The van der Waals surface area contributed by atoms with Crippen LogP contribution in [0.1, 0.15) is 38.5 Å². The summed E-state index contributed by atoms with van der Waals surface area (Å²) < 4.78 is 4.83. The fraction of sp³-hybridized carbons (Fsp3) is 0.846. The van der Waals surface area contributed by atoms with Gasteiger partial charge < -0.3 is 20.9 Å². The Morgan fingerprint density at radius 2 is 2.00 bits per heavy atom. The summed E-state index contributed by atoms with van der Waals surface area (Å²) in [6.07, 6.45) is 4.98. The number of amides is 1. The first kappa shape index (κ1) is 15.9. The Morgan fingerprint density at radius 1 is 1.37 bits per heavy atom. The molecule has 0 aromatic rings. The van der Waals surface area contributed by atoms with Gasteiger partial charge in [-0.2, -0.15) is 0 Å². The number of carbonyl (C=O) groups is 2. The van der Waals surface area contributed by atoms with Gasteiger partial charge in [-0.25, -0.2) is 0 Å². The molecule has 19 heavy (non-hydrogen) atoms. The van der Waals surface area contributed by atoms with E-state index in [2.05, 4.69) is 5.32 Å². The zero-order valence-electron chi connectivity index (χ0n) is 11.5. The van der Waals surface area contributed by atoms with Crippen molar-refractivity contribution in [2.45, 2.75) is 44.6 Å². The van der Waals surface area contributed by atoms with E-state index in [0.717, 1.165) is 32.1 Å². The first-order chi connectivity index (χ1) is 8.99. The summed E-state index contributed by atoms with van der Waals surface area (Å²) >= 11 is 0. The molecule has 0 spiro atoms. The first-order valence-electron chi connectivity index (χ1n) is 6.73. The highest BCUT2D eigenvalue weighted by Crippen LogP contribution is 2.38. The van der Waals surface area contributed by atoms with Crippen molar-refractivity contribution < 1.29 is 19.4 Å². The largest absolute Gasteiger partial charge is 0.481 e. The molecule has 1 unspecified atom stereocenters. The molecule has 1 atom stereocenters. The number of hydrogen-bond acceptors (Lipinski definition) is 4. The fourth-order valence-electron chi connectivity index (χ4n) is 2.70. The van der Waals surface area contributed by atoms with Crippen LogP contribution in [0.3, 0.4) is 0 Å². The van der Waals surface area contributed by atoms with Crippen molar-refractivity contribution >= 4 is 11.9 Å². The molecule has 1 rings (SSSR count). The molecule has 1 aliphatic carbocycles. The van der Waals surface area contributed by atoms with Gasteiger partial charge in [-0.15, -0.1) is 0 Å². The highest BCUT2D eigenvalue weighted by atomic mass is 16.5. The summed E-state index contributed by atoms with van der Waals surface area (Å²) in [7, 11) is 1.49. The van der Waals surface area contributed by atoms with Gasteiger partial charge in [0.2, 0.25) is 5.91 Å². The molecule has 0 aromatic heterocycles. The smallest absolute Gasteiger partial charge is 0.303 e. The van der Waals surface area contributed by atoms with Crippen molar-refractivity contribution in [1.29, 1.82) is 0 Å². The Morgan fingerprint density at radius 3 is 2.53 bits per heavy atom. The van der Waals surface area contributed by atoms with Gasteiger partial charge in [0.25, 0.3) is 0 Å². The molecule has 6 heteroatoms. The van der Waals surface area contributed by atoms with E-state index in [1.165, 1.54) is 7.11 Å². The number of ether oxygens (including phenoxy) is 1. The highest BCUT2D eigenvalue weighted by molar-refractivity contribution is 5.81. The number of nitrogens with one attached hydrogen (secondary N) is 1. The number of methoxy groups -OCH3 is 1. The number of carboxylic acid groups (broad SMARTS) is 1. The lowest BCUT2D eigenvalue weighted by Crippen LogP contribution is -2.48. The van der Waals surface area contributed by atoms with Crippen molar-refractivity contribution in [3.8, 4) is 0 Å². The molecule has 0 heterocycles. The van der Waals surface area contributed by atoms with Crippen LogP contribution < -0.4 is 11.1 Å².